The Hall–Kier alpha value is -1.20. The van der Waals surface area contributed by atoms with Crippen molar-refractivity contribution in [2.45, 2.75) is 43.7 Å². The van der Waals surface area contributed by atoms with Gasteiger partial charge in [-0.3, -0.25) is 0 Å². The van der Waals surface area contributed by atoms with Crippen LogP contribution in [-0.4, -0.2) is 22.8 Å². The molecule has 114 valence electrons. The summed E-state index contributed by atoms with van der Waals surface area (Å²) >= 11 is 6.19. The Morgan fingerprint density at radius 2 is 2.14 bits per heavy atom. The fourth-order valence-electron chi connectivity index (χ4n) is 3.16. The number of alkyl halides is 1. The molecule has 1 fully saturated rings. The van der Waals surface area contributed by atoms with Gasteiger partial charge in [0.05, 0.1) is 17.0 Å². The van der Waals surface area contributed by atoms with E-state index in [-0.39, 0.29) is 23.0 Å². The average Bonchev–Trinajstić information content (AvgIpc) is 3.06. The van der Waals surface area contributed by atoms with Crippen LogP contribution in [-0.2, 0) is 4.74 Å². The number of hydrogen-bond acceptors (Lipinski definition) is 2. The molecule has 0 N–H and O–H groups in total. The number of aromatic nitrogens is 2. The van der Waals surface area contributed by atoms with Gasteiger partial charge in [0.25, 0.3) is 0 Å². The predicted octanol–water partition coefficient (Wildman–Crippen LogP) is 4.35. The molecule has 0 bridgehead atoms. The second-order valence-electron chi connectivity index (χ2n) is 5.51. The van der Waals surface area contributed by atoms with Crippen LogP contribution < -0.4 is 0 Å². The van der Waals surface area contributed by atoms with Gasteiger partial charge in [-0.25, -0.2) is 13.8 Å². The molecular weight excluding hydrogens is 298 g/mol. The quantitative estimate of drug-likeness (QED) is 0.787. The third kappa shape index (κ3) is 2.42. The number of methoxy groups -OCH3 is 1. The van der Waals surface area contributed by atoms with Crippen LogP contribution in [0.25, 0.3) is 11.0 Å². The van der Waals surface area contributed by atoms with Crippen molar-refractivity contribution < 1.29 is 13.5 Å². The Labute approximate surface area is 126 Å². The summed E-state index contributed by atoms with van der Waals surface area (Å²) in [5.41, 5.74) is 0.650. The number of rotatable bonds is 3. The highest BCUT2D eigenvalue weighted by Gasteiger charge is 2.31. The van der Waals surface area contributed by atoms with Gasteiger partial charge in [-0.2, -0.15) is 0 Å². The third-order valence-electron chi connectivity index (χ3n) is 4.18. The zero-order chi connectivity index (χ0) is 15.1. The Bertz CT molecular complexity index is 671. The number of imidazole rings is 1. The van der Waals surface area contributed by atoms with Crippen LogP contribution >= 0.6 is 11.6 Å². The molecule has 1 aromatic carbocycles. The van der Waals surface area contributed by atoms with Crippen molar-refractivity contribution in [1.29, 1.82) is 0 Å². The maximum atomic E-state index is 14.3. The molecule has 0 spiro atoms. The topological polar surface area (TPSA) is 27.1 Å². The summed E-state index contributed by atoms with van der Waals surface area (Å²) in [4.78, 5) is 4.39. The molecule has 1 saturated carbocycles. The maximum Gasteiger partial charge on any atom is 0.184 e. The fraction of sp³-hybridized carbons (Fsp3) is 0.533. The first-order chi connectivity index (χ1) is 10.0. The number of ether oxygens (including phenoxy) is 1. The predicted molar refractivity (Wildman–Crippen MR) is 77.6 cm³/mol. The summed E-state index contributed by atoms with van der Waals surface area (Å²) in [5, 5.41) is -0.374. The number of benzene rings is 1. The largest absolute Gasteiger partial charge is 0.381 e. The van der Waals surface area contributed by atoms with Crippen LogP contribution in [0.2, 0.25) is 0 Å². The number of halogens is 3. The van der Waals surface area contributed by atoms with Crippen LogP contribution in [0.5, 0.6) is 0 Å². The van der Waals surface area contributed by atoms with E-state index in [9.17, 15) is 8.78 Å². The molecule has 6 heteroatoms. The molecule has 1 heterocycles. The number of fused-ring (bicyclic) bond motifs is 1. The first-order valence-electron chi connectivity index (χ1n) is 7.05. The van der Waals surface area contributed by atoms with Crippen molar-refractivity contribution in [3.05, 3.63) is 29.6 Å². The van der Waals surface area contributed by atoms with Crippen molar-refractivity contribution in [3.8, 4) is 0 Å². The molecule has 1 aliphatic carbocycles. The molecule has 0 saturated heterocycles. The van der Waals surface area contributed by atoms with E-state index in [1.54, 1.807) is 18.6 Å². The average molecular weight is 315 g/mol. The highest BCUT2D eigenvalue weighted by molar-refractivity contribution is 6.20. The molecule has 0 amide bonds. The van der Waals surface area contributed by atoms with Crippen molar-refractivity contribution in [2.24, 2.45) is 0 Å². The van der Waals surface area contributed by atoms with E-state index in [1.807, 2.05) is 0 Å². The Morgan fingerprint density at radius 1 is 1.38 bits per heavy atom. The van der Waals surface area contributed by atoms with Crippen LogP contribution in [0.15, 0.2) is 12.1 Å². The lowest BCUT2D eigenvalue weighted by Gasteiger charge is -2.18. The molecule has 21 heavy (non-hydrogen) atoms. The van der Waals surface area contributed by atoms with Crippen molar-refractivity contribution in [2.75, 3.05) is 7.11 Å². The van der Waals surface area contributed by atoms with E-state index in [2.05, 4.69) is 4.98 Å². The van der Waals surface area contributed by atoms with E-state index in [4.69, 9.17) is 16.3 Å². The lowest BCUT2D eigenvalue weighted by molar-refractivity contribution is 0.106. The second kappa shape index (κ2) is 5.54. The van der Waals surface area contributed by atoms with Gasteiger partial charge in [-0.05, 0) is 38.3 Å². The van der Waals surface area contributed by atoms with E-state index >= 15 is 0 Å². The van der Waals surface area contributed by atoms with Crippen LogP contribution in [0, 0.1) is 11.6 Å². The molecule has 3 rings (SSSR count). The third-order valence-corrected chi connectivity index (χ3v) is 4.38. The van der Waals surface area contributed by atoms with Gasteiger partial charge in [0.2, 0.25) is 0 Å². The Kier molecular flexibility index (Phi) is 3.88. The molecule has 0 aliphatic heterocycles. The summed E-state index contributed by atoms with van der Waals surface area (Å²) in [7, 11) is 1.67. The normalized spacial score (nSPS) is 23.9. The lowest BCUT2D eigenvalue weighted by Crippen LogP contribution is -2.13. The summed E-state index contributed by atoms with van der Waals surface area (Å²) in [5.74, 6) is -1.14. The van der Waals surface area contributed by atoms with Gasteiger partial charge in [-0.1, -0.05) is 0 Å². The van der Waals surface area contributed by atoms with Gasteiger partial charge < -0.3 is 9.30 Å². The molecule has 3 unspecified atom stereocenters. The first-order valence-corrected chi connectivity index (χ1v) is 7.49. The fourth-order valence-corrected chi connectivity index (χ4v) is 3.31. The molecule has 3 atom stereocenters. The lowest BCUT2D eigenvalue weighted by atomic mass is 10.2. The zero-order valence-corrected chi connectivity index (χ0v) is 12.7. The minimum Gasteiger partial charge on any atom is -0.381 e. The highest BCUT2D eigenvalue weighted by Crippen LogP contribution is 2.38. The van der Waals surface area contributed by atoms with Crippen LogP contribution in [0.4, 0.5) is 8.78 Å². The smallest absolute Gasteiger partial charge is 0.184 e. The van der Waals surface area contributed by atoms with Gasteiger partial charge >= 0.3 is 0 Å². The molecular formula is C15H17ClF2N2O. The summed E-state index contributed by atoms with van der Waals surface area (Å²) in [6, 6.07) is 2.63. The zero-order valence-electron chi connectivity index (χ0n) is 11.9. The Morgan fingerprint density at radius 3 is 2.76 bits per heavy atom. The SMILES string of the molecule is COC1CCC(n2c(C(C)Cl)nc3ccc(F)c(F)c32)C1. The van der Waals surface area contributed by atoms with Crippen molar-refractivity contribution in [1.82, 2.24) is 9.55 Å². The van der Waals surface area contributed by atoms with E-state index < -0.39 is 11.6 Å². The van der Waals surface area contributed by atoms with Gasteiger partial charge in [0, 0.05) is 13.2 Å². The molecule has 1 aromatic heterocycles. The van der Waals surface area contributed by atoms with E-state index in [0.717, 1.165) is 25.3 Å². The van der Waals surface area contributed by atoms with Gasteiger partial charge in [0.15, 0.2) is 11.6 Å². The maximum absolute atomic E-state index is 14.3. The van der Waals surface area contributed by atoms with E-state index in [1.165, 1.54) is 6.07 Å². The summed E-state index contributed by atoms with van der Waals surface area (Å²) in [6.07, 6.45) is 2.64. The number of hydrogen-bond donors (Lipinski definition) is 0. The van der Waals surface area contributed by atoms with Gasteiger partial charge in [0.1, 0.15) is 11.3 Å². The minimum atomic E-state index is -0.862. The minimum absolute atomic E-state index is 0.0347. The highest BCUT2D eigenvalue weighted by atomic mass is 35.5. The molecule has 1 aliphatic rings. The molecule has 0 radical (unpaired) electrons. The monoisotopic (exact) mass is 314 g/mol. The first kappa shape index (κ1) is 14.7. The number of nitrogens with zero attached hydrogens (tertiary/aromatic N) is 2. The Balaban J connectivity index is 2.18. The summed E-state index contributed by atoms with van der Waals surface area (Å²) < 4.78 is 35.0. The van der Waals surface area contributed by atoms with Crippen LogP contribution in [0.1, 0.15) is 43.4 Å². The van der Waals surface area contributed by atoms with Gasteiger partial charge in [-0.15, -0.1) is 11.6 Å². The molecule has 3 nitrogen and oxygen atoms in total. The van der Waals surface area contributed by atoms with Crippen LogP contribution in [0.3, 0.4) is 0 Å². The van der Waals surface area contributed by atoms with E-state index in [0.29, 0.717) is 11.3 Å². The molecule has 2 aromatic rings. The second-order valence-corrected chi connectivity index (χ2v) is 6.16. The standard InChI is InChI=1S/C15H17ClF2N2O/c1-8(16)15-19-12-6-5-11(17)13(18)14(12)20(15)9-3-4-10(7-9)21-2/h5-6,8-10H,3-4,7H2,1-2H3. The van der Waals surface area contributed by atoms with Crippen molar-refractivity contribution >= 4 is 22.6 Å². The summed E-state index contributed by atoms with van der Waals surface area (Å²) in [6.45, 7) is 1.79. The van der Waals surface area contributed by atoms with Crippen molar-refractivity contribution in [3.63, 3.8) is 0 Å².